The summed E-state index contributed by atoms with van der Waals surface area (Å²) in [6.45, 7) is 1.68. The van der Waals surface area contributed by atoms with Gasteiger partial charge in [0.15, 0.2) is 10.9 Å². The van der Waals surface area contributed by atoms with Gasteiger partial charge in [0.25, 0.3) is 0 Å². The molecular weight excluding hydrogens is 515 g/mol. The number of guanidine groups is 1. The fourth-order valence-electron chi connectivity index (χ4n) is 4.88. The second-order valence-electron chi connectivity index (χ2n) is 7.86. The van der Waals surface area contributed by atoms with Crippen molar-refractivity contribution in [2.24, 2.45) is 28.7 Å². The van der Waals surface area contributed by atoms with Gasteiger partial charge in [0, 0.05) is 37.9 Å². The highest BCUT2D eigenvalue weighted by molar-refractivity contribution is 14.0. The number of allylic oxidation sites excluding steroid dienone is 2. The van der Waals surface area contributed by atoms with E-state index in [1.807, 2.05) is 22.2 Å². The molecule has 30 heavy (non-hydrogen) atoms. The Morgan fingerprint density at radius 1 is 1.23 bits per heavy atom. The predicted octanol–water partition coefficient (Wildman–Crippen LogP) is 1.88. The van der Waals surface area contributed by atoms with Gasteiger partial charge in [-0.1, -0.05) is 12.2 Å². The maximum absolute atomic E-state index is 12.7. The Morgan fingerprint density at radius 2 is 1.97 bits per heavy atom. The van der Waals surface area contributed by atoms with E-state index in [0.29, 0.717) is 32.0 Å². The Balaban J connectivity index is 0.00000218. The van der Waals surface area contributed by atoms with Crippen molar-refractivity contribution in [2.45, 2.75) is 19.4 Å². The summed E-state index contributed by atoms with van der Waals surface area (Å²) in [6, 6.07) is 0. The van der Waals surface area contributed by atoms with Crippen molar-refractivity contribution >= 4 is 58.0 Å². The molecule has 2 bridgehead atoms. The Bertz CT molecular complexity index is 956. The molecule has 2 fully saturated rings. The third kappa shape index (κ3) is 3.64. The maximum Gasteiger partial charge on any atom is 0.233 e. The summed E-state index contributed by atoms with van der Waals surface area (Å²) < 4.78 is 2.00. The van der Waals surface area contributed by atoms with Crippen LogP contribution in [0, 0.1) is 23.7 Å². The van der Waals surface area contributed by atoms with Crippen molar-refractivity contribution in [3.05, 3.63) is 35.6 Å². The van der Waals surface area contributed by atoms with Crippen LogP contribution in [0.2, 0.25) is 0 Å². The first-order chi connectivity index (χ1) is 14.2. The van der Waals surface area contributed by atoms with Gasteiger partial charge in [-0.15, -0.1) is 35.3 Å². The van der Waals surface area contributed by atoms with Crippen LogP contribution in [0.4, 0.5) is 0 Å². The summed E-state index contributed by atoms with van der Waals surface area (Å²) in [6.07, 6.45) is 9.90. The molecule has 3 heterocycles. The number of aliphatic imine (C=N–C) groups is 1. The molecule has 5 rings (SSSR count). The van der Waals surface area contributed by atoms with Gasteiger partial charge < -0.3 is 10.6 Å². The molecule has 10 heteroatoms. The third-order valence-corrected chi connectivity index (χ3v) is 6.99. The van der Waals surface area contributed by atoms with Gasteiger partial charge >= 0.3 is 0 Å². The number of carbonyl (C=O) groups is 2. The molecule has 2 aromatic rings. The molecule has 0 radical (unpaired) electrons. The first kappa shape index (κ1) is 21.3. The van der Waals surface area contributed by atoms with E-state index < -0.39 is 0 Å². The number of carbonyl (C=O) groups excluding carboxylic acids is 2. The lowest BCUT2D eigenvalue weighted by Crippen LogP contribution is -2.39. The van der Waals surface area contributed by atoms with Crippen LogP contribution >= 0.6 is 35.3 Å². The molecule has 3 aliphatic rings. The zero-order valence-corrected chi connectivity index (χ0v) is 19.8. The maximum atomic E-state index is 12.7. The number of rotatable bonds is 6. The summed E-state index contributed by atoms with van der Waals surface area (Å²) in [5.41, 5.74) is 0.947. The van der Waals surface area contributed by atoms with Gasteiger partial charge in [-0.25, -0.2) is 4.98 Å². The molecule has 4 atom stereocenters. The summed E-state index contributed by atoms with van der Waals surface area (Å²) in [7, 11) is 1.72. The zero-order chi connectivity index (χ0) is 20.0. The van der Waals surface area contributed by atoms with Crippen LogP contribution in [0.3, 0.4) is 0 Å². The number of thiazole rings is 1. The molecule has 0 aromatic carbocycles. The van der Waals surface area contributed by atoms with Crippen molar-refractivity contribution in [2.75, 3.05) is 20.1 Å². The van der Waals surface area contributed by atoms with Crippen LogP contribution in [-0.4, -0.2) is 52.2 Å². The van der Waals surface area contributed by atoms with E-state index in [1.54, 1.807) is 18.4 Å². The SMILES string of the molecule is CN=C(NCCCN1C(=O)C2C3C=CC(C3)C2C1=O)NCc1cn2ccsc2n1.I. The van der Waals surface area contributed by atoms with Gasteiger partial charge in [-0.3, -0.25) is 23.9 Å². The van der Waals surface area contributed by atoms with Gasteiger partial charge in [0.05, 0.1) is 24.1 Å². The highest BCUT2D eigenvalue weighted by Crippen LogP contribution is 2.52. The first-order valence-electron chi connectivity index (χ1n) is 10.0. The minimum atomic E-state index is -0.107. The van der Waals surface area contributed by atoms with Crippen LogP contribution in [-0.2, 0) is 16.1 Å². The highest BCUT2D eigenvalue weighted by atomic mass is 127. The van der Waals surface area contributed by atoms with Gasteiger partial charge in [-0.2, -0.15) is 0 Å². The molecule has 2 N–H and O–H groups in total. The molecule has 0 spiro atoms. The predicted molar refractivity (Wildman–Crippen MR) is 126 cm³/mol. The average molecular weight is 540 g/mol. The lowest BCUT2D eigenvalue weighted by atomic mass is 9.85. The lowest BCUT2D eigenvalue weighted by Gasteiger charge is -2.17. The zero-order valence-electron chi connectivity index (χ0n) is 16.7. The van der Waals surface area contributed by atoms with Crippen LogP contribution in [0.25, 0.3) is 4.96 Å². The minimum Gasteiger partial charge on any atom is -0.356 e. The van der Waals surface area contributed by atoms with Crippen LogP contribution < -0.4 is 10.6 Å². The Labute approximate surface area is 195 Å². The normalized spacial score (nSPS) is 27.1. The molecule has 2 amide bonds. The third-order valence-electron chi connectivity index (χ3n) is 6.22. The standard InChI is InChI=1S/C20H24N6O2S.HI/c1-21-19(23-10-14-11-25-7-8-29-20(25)24-14)22-5-2-6-26-17(27)15-12-3-4-13(9-12)16(15)18(26)28;/h3-4,7-8,11-13,15-16H,2,5-6,9-10H2,1H3,(H2,21,22,23);1H. The second kappa shape index (κ2) is 8.66. The molecule has 1 saturated carbocycles. The molecule has 160 valence electrons. The summed E-state index contributed by atoms with van der Waals surface area (Å²) in [4.78, 5) is 36.6. The monoisotopic (exact) mass is 540 g/mol. The Morgan fingerprint density at radius 3 is 2.63 bits per heavy atom. The first-order valence-corrected chi connectivity index (χ1v) is 10.9. The molecule has 1 saturated heterocycles. The van der Waals surface area contributed by atoms with Crippen LogP contribution in [0.1, 0.15) is 18.5 Å². The van der Waals surface area contributed by atoms with Gasteiger partial charge in [-0.05, 0) is 24.7 Å². The van der Waals surface area contributed by atoms with E-state index in [1.165, 1.54) is 4.90 Å². The number of imide groups is 1. The summed E-state index contributed by atoms with van der Waals surface area (Å²) in [5.74, 6) is 1.06. The summed E-state index contributed by atoms with van der Waals surface area (Å²) >= 11 is 1.60. The number of fused-ring (bicyclic) bond motifs is 6. The number of aromatic nitrogens is 2. The number of imidazole rings is 1. The van der Waals surface area contributed by atoms with Crippen molar-refractivity contribution in [3.63, 3.8) is 0 Å². The number of halogens is 1. The average Bonchev–Trinajstić information content (AvgIpc) is 3.50. The van der Waals surface area contributed by atoms with E-state index in [4.69, 9.17) is 0 Å². The fraction of sp³-hybridized carbons (Fsp3) is 0.500. The topological polar surface area (TPSA) is 91.1 Å². The van der Waals surface area contributed by atoms with Crippen molar-refractivity contribution in [1.29, 1.82) is 0 Å². The number of hydrogen-bond acceptors (Lipinski definition) is 5. The molecule has 4 unspecified atom stereocenters. The number of nitrogens with one attached hydrogen (secondary N) is 2. The van der Waals surface area contributed by atoms with E-state index >= 15 is 0 Å². The molecule has 8 nitrogen and oxygen atoms in total. The Kier molecular flexibility index (Phi) is 6.14. The quantitative estimate of drug-likeness (QED) is 0.146. The van der Waals surface area contributed by atoms with Crippen molar-refractivity contribution < 1.29 is 9.59 Å². The minimum absolute atomic E-state index is 0. The van der Waals surface area contributed by atoms with E-state index in [-0.39, 0.29) is 59.5 Å². The number of amides is 2. The van der Waals surface area contributed by atoms with Crippen molar-refractivity contribution in [3.8, 4) is 0 Å². The molecule has 1 aliphatic heterocycles. The highest BCUT2D eigenvalue weighted by Gasteiger charge is 2.58. The molecule has 2 aliphatic carbocycles. The van der Waals surface area contributed by atoms with E-state index in [0.717, 1.165) is 17.1 Å². The molecule has 2 aromatic heterocycles. The fourth-order valence-corrected chi connectivity index (χ4v) is 5.60. The van der Waals surface area contributed by atoms with E-state index in [2.05, 4.69) is 32.8 Å². The molecular formula is C20H25IN6O2S. The van der Waals surface area contributed by atoms with Crippen LogP contribution in [0.15, 0.2) is 34.9 Å². The largest absolute Gasteiger partial charge is 0.356 e. The number of nitrogens with zero attached hydrogens (tertiary/aromatic N) is 4. The van der Waals surface area contributed by atoms with Gasteiger partial charge in [0.1, 0.15) is 0 Å². The number of hydrogen-bond donors (Lipinski definition) is 2. The van der Waals surface area contributed by atoms with Gasteiger partial charge in [0.2, 0.25) is 11.8 Å². The van der Waals surface area contributed by atoms with Crippen LogP contribution in [0.5, 0.6) is 0 Å². The second-order valence-corrected chi connectivity index (χ2v) is 8.73. The van der Waals surface area contributed by atoms with Crippen molar-refractivity contribution in [1.82, 2.24) is 24.9 Å². The number of likely N-dealkylation sites (tertiary alicyclic amines) is 1. The smallest absolute Gasteiger partial charge is 0.233 e. The Hall–Kier alpha value is -1.95. The lowest BCUT2D eigenvalue weighted by molar-refractivity contribution is -0.140. The van der Waals surface area contributed by atoms with E-state index in [9.17, 15) is 9.59 Å². The summed E-state index contributed by atoms with van der Waals surface area (Å²) in [5, 5.41) is 8.50.